The number of halogens is 1. The first-order chi connectivity index (χ1) is 14.7. The van der Waals surface area contributed by atoms with Gasteiger partial charge in [0.15, 0.2) is 6.61 Å². The molecule has 168 valence electrons. The highest BCUT2D eigenvalue weighted by atomic mass is 35.5. The van der Waals surface area contributed by atoms with Crippen LogP contribution in [0.15, 0.2) is 51.4 Å². The van der Waals surface area contributed by atoms with Crippen LogP contribution in [-0.4, -0.2) is 44.1 Å². The Morgan fingerprint density at radius 1 is 1.13 bits per heavy atom. The summed E-state index contributed by atoms with van der Waals surface area (Å²) >= 11 is 7.50. The summed E-state index contributed by atoms with van der Waals surface area (Å²) in [7, 11) is -3.62. The monoisotopic (exact) mass is 484 g/mol. The number of benzene rings is 2. The third-order valence-corrected chi connectivity index (χ3v) is 7.70. The van der Waals surface area contributed by atoms with Gasteiger partial charge in [-0.25, -0.2) is 8.42 Å². The number of amides is 1. The fourth-order valence-corrected chi connectivity index (χ4v) is 6.00. The molecule has 0 radical (unpaired) electrons. The number of carbonyl (C=O) groups is 1. The summed E-state index contributed by atoms with van der Waals surface area (Å²) in [4.78, 5) is 22.3. The molecule has 0 spiro atoms. The predicted octanol–water partition coefficient (Wildman–Crippen LogP) is 4.82. The standard InChI is InChI=1S/C21H25ClN2O5S2/c1-4-9-24(31(27,28)20-8-5-17(22)12-16(20)3)10-11-30-18-6-7-19(15(2)13-18)29-14-21(25)23-26/h5-8,12-13H,4,9-11,14H2,1-3H3. The molecule has 0 N–H and O–H groups in total. The van der Waals surface area contributed by atoms with Crippen molar-refractivity contribution in [2.45, 2.75) is 37.0 Å². The molecule has 0 aliphatic carbocycles. The van der Waals surface area contributed by atoms with Gasteiger partial charge in [-0.05, 0) is 67.8 Å². The molecule has 2 aromatic carbocycles. The Morgan fingerprint density at radius 2 is 1.87 bits per heavy atom. The normalized spacial score (nSPS) is 11.5. The Labute approximate surface area is 192 Å². The fourth-order valence-electron chi connectivity index (χ4n) is 2.95. The van der Waals surface area contributed by atoms with Gasteiger partial charge in [0.05, 0.1) is 4.90 Å². The van der Waals surface area contributed by atoms with Gasteiger partial charge in [0, 0.05) is 33.9 Å². The van der Waals surface area contributed by atoms with Crippen molar-refractivity contribution in [2.75, 3.05) is 25.4 Å². The first-order valence-corrected chi connectivity index (χ1v) is 12.5. The van der Waals surface area contributed by atoms with Crippen LogP contribution in [0, 0.1) is 18.8 Å². The van der Waals surface area contributed by atoms with E-state index >= 15 is 0 Å². The first-order valence-electron chi connectivity index (χ1n) is 9.67. The van der Waals surface area contributed by atoms with Gasteiger partial charge in [-0.15, -0.1) is 16.7 Å². The summed E-state index contributed by atoms with van der Waals surface area (Å²) in [5.74, 6) is 0.194. The molecular weight excluding hydrogens is 460 g/mol. The van der Waals surface area contributed by atoms with Crippen LogP contribution >= 0.6 is 23.4 Å². The minimum Gasteiger partial charge on any atom is -0.483 e. The number of ether oxygens (including phenoxy) is 1. The van der Waals surface area contributed by atoms with Gasteiger partial charge in [0.1, 0.15) is 5.75 Å². The van der Waals surface area contributed by atoms with E-state index in [0.29, 0.717) is 41.6 Å². The summed E-state index contributed by atoms with van der Waals surface area (Å²) in [5, 5.41) is 2.80. The molecule has 0 aromatic heterocycles. The number of rotatable bonds is 11. The first kappa shape index (κ1) is 25.3. The number of nitrogens with zero attached hydrogens (tertiary/aromatic N) is 2. The van der Waals surface area contributed by atoms with Crippen LogP contribution in [0.2, 0.25) is 5.02 Å². The van der Waals surface area contributed by atoms with Crippen molar-refractivity contribution in [2.24, 2.45) is 5.18 Å². The van der Waals surface area contributed by atoms with Gasteiger partial charge < -0.3 is 4.74 Å². The zero-order valence-electron chi connectivity index (χ0n) is 17.6. The lowest BCUT2D eigenvalue weighted by atomic mass is 10.2. The summed E-state index contributed by atoms with van der Waals surface area (Å²) in [6, 6.07) is 10.2. The Balaban J connectivity index is 2.04. The van der Waals surface area contributed by atoms with Crippen molar-refractivity contribution in [1.82, 2.24) is 4.31 Å². The number of aryl methyl sites for hydroxylation is 2. The van der Waals surface area contributed by atoms with E-state index in [1.807, 2.05) is 26.0 Å². The minimum absolute atomic E-state index is 0.270. The summed E-state index contributed by atoms with van der Waals surface area (Å²) in [6.07, 6.45) is 0.704. The lowest BCUT2D eigenvalue weighted by molar-refractivity contribution is -0.119. The third kappa shape index (κ3) is 7.03. The molecule has 2 aromatic rings. The Bertz CT molecular complexity index is 1040. The summed E-state index contributed by atoms with van der Waals surface area (Å²) < 4.78 is 33.1. The van der Waals surface area contributed by atoms with Crippen LogP contribution in [0.1, 0.15) is 24.5 Å². The number of sulfonamides is 1. The van der Waals surface area contributed by atoms with Gasteiger partial charge in [-0.3, -0.25) is 4.79 Å². The van der Waals surface area contributed by atoms with Gasteiger partial charge in [0.2, 0.25) is 10.0 Å². The second kappa shape index (κ2) is 11.6. The van der Waals surface area contributed by atoms with Gasteiger partial charge in [-0.2, -0.15) is 4.31 Å². The van der Waals surface area contributed by atoms with E-state index in [4.69, 9.17) is 16.3 Å². The van der Waals surface area contributed by atoms with Crippen LogP contribution in [-0.2, 0) is 14.8 Å². The average molecular weight is 485 g/mol. The highest BCUT2D eigenvalue weighted by molar-refractivity contribution is 7.99. The molecule has 0 unspecified atom stereocenters. The quantitative estimate of drug-likeness (QED) is 0.335. The zero-order valence-corrected chi connectivity index (χ0v) is 20.0. The molecule has 0 saturated heterocycles. The molecule has 7 nitrogen and oxygen atoms in total. The van der Waals surface area contributed by atoms with E-state index < -0.39 is 22.5 Å². The average Bonchev–Trinajstić information content (AvgIpc) is 2.71. The van der Waals surface area contributed by atoms with Gasteiger partial charge in [0.25, 0.3) is 0 Å². The maximum atomic E-state index is 13.1. The Hall–Kier alpha value is -1.94. The largest absolute Gasteiger partial charge is 0.483 e. The van der Waals surface area contributed by atoms with Gasteiger partial charge in [-0.1, -0.05) is 18.5 Å². The van der Waals surface area contributed by atoms with Crippen molar-refractivity contribution < 1.29 is 17.9 Å². The number of nitroso groups, excluding NO2 is 1. The van der Waals surface area contributed by atoms with E-state index in [9.17, 15) is 18.1 Å². The van der Waals surface area contributed by atoms with Crippen LogP contribution in [0.25, 0.3) is 0 Å². The Kier molecular flexibility index (Phi) is 9.49. The number of hydrogen-bond acceptors (Lipinski definition) is 6. The number of hydrogen-bond donors (Lipinski definition) is 0. The molecule has 10 heteroatoms. The Morgan fingerprint density at radius 3 is 2.48 bits per heavy atom. The third-order valence-electron chi connectivity index (χ3n) is 4.44. The molecule has 31 heavy (non-hydrogen) atoms. The topological polar surface area (TPSA) is 93.1 Å². The number of thioether (sulfide) groups is 1. The lowest BCUT2D eigenvalue weighted by Gasteiger charge is -2.22. The van der Waals surface area contributed by atoms with Crippen molar-refractivity contribution >= 4 is 39.3 Å². The number of carbonyl (C=O) groups excluding carboxylic acids is 1. The lowest BCUT2D eigenvalue weighted by Crippen LogP contribution is -2.34. The maximum absolute atomic E-state index is 13.1. The second-order valence-corrected chi connectivity index (χ2v) is 10.4. The van der Waals surface area contributed by atoms with Crippen LogP contribution in [0.5, 0.6) is 5.75 Å². The SMILES string of the molecule is CCCN(CCSc1ccc(OCC(=O)N=O)c(C)c1)S(=O)(=O)c1ccc(Cl)cc1C. The highest BCUT2D eigenvalue weighted by Crippen LogP contribution is 2.27. The predicted molar refractivity (Wildman–Crippen MR) is 123 cm³/mol. The van der Waals surface area contributed by atoms with E-state index in [1.54, 1.807) is 31.2 Å². The van der Waals surface area contributed by atoms with Crippen LogP contribution < -0.4 is 4.74 Å². The van der Waals surface area contributed by atoms with E-state index in [1.165, 1.54) is 16.1 Å². The summed E-state index contributed by atoms with van der Waals surface area (Å²) in [5.41, 5.74) is 1.43. The van der Waals surface area contributed by atoms with Crippen LogP contribution in [0.3, 0.4) is 0 Å². The van der Waals surface area contributed by atoms with Crippen molar-refractivity contribution in [1.29, 1.82) is 0 Å². The molecule has 0 saturated carbocycles. The molecule has 0 bridgehead atoms. The molecule has 0 fully saturated rings. The molecule has 0 aliphatic heterocycles. The minimum atomic E-state index is -3.62. The second-order valence-electron chi connectivity index (χ2n) is 6.86. The van der Waals surface area contributed by atoms with E-state index in [0.717, 1.165) is 10.5 Å². The molecule has 0 aliphatic rings. The highest BCUT2D eigenvalue weighted by Gasteiger charge is 2.25. The molecule has 1 amide bonds. The van der Waals surface area contributed by atoms with Gasteiger partial charge >= 0.3 is 5.91 Å². The molecule has 2 rings (SSSR count). The maximum Gasteiger partial charge on any atom is 0.323 e. The van der Waals surface area contributed by atoms with Crippen molar-refractivity contribution in [3.63, 3.8) is 0 Å². The van der Waals surface area contributed by atoms with E-state index in [-0.39, 0.29) is 4.90 Å². The van der Waals surface area contributed by atoms with E-state index in [2.05, 4.69) is 5.18 Å². The zero-order chi connectivity index (χ0) is 23.0. The van der Waals surface area contributed by atoms with Crippen LogP contribution in [0.4, 0.5) is 0 Å². The smallest absolute Gasteiger partial charge is 0.323 e. The fraction of sp³-hybridized carbons (Fsp3) is 0.381. The molecule has 0 atom stereocenters. The van der Waals surface area contributed by atoms with Crippen molar-refractivity contribution in [3.05, 3.63) is 57.5 Å². The van der Waals surface area contributed by atoms with Crippen molar-refractivity contribution in [3.8, 4) is 5.75 Å². The molecule has 0 heterocycles. The summed E-state index contributed by atoms with van der Waals surface area (Å²) in [6.45, 7) is 5.90. The molecular formula is C21H25ClN2O5S2.